The van der Waals surface area contributed by atoms with Crippen molar-refractivity contribution in [2.75, 3.05) is 13.7 Å². The largest absolute Gasteiger partial charge is 0.458 e. The van der Waals surface area contributed by atoms with Gasteiger partial charge in [-0.05, 0) is 87.0 Å². The second-order valence-corrected chi connectivity index (χ2v) is 13.9. The van der Waals surface area contributed by atoms with Crippen LogP contribution in [0.25, 0.3) is 0 Å². The highest BCUT2D eigenvalue weighted by Gasteiger charge is 2.70. The first kappa shape index (κ1) is 28.1. The first-order chi connectivity index (χ1) is 18.4. The van der Waals surface area contributed by atoms with Crippen LogP contribution in [0.15, 0.2) is 11.6 Å². The van der Waals surface area contributed by atoms with Gasteiger partial charge in [0.15, 0.2) is 6.29 Å². The monoisotopic (exact) mass is 550 g/mol. The summed E-state index contributed by atoms with van der Waals surface area (Å²) in [6.07, 6.45) is 3.58. The number of aliphatic hydroxyl groups is 4. The van der Waals surface area contributed by atoms with Gasteiger partial charge in [0, 0.05) is 25.0 Å². The zero-order chi connectivity index (χ0) is 28.0. The van der Waals surface area contributed by atoms with Crippen molar-refractivity contribution in [1.82, 2.24) is 0 Å². The van der Waals surface area contributed by atoms with E-state index in [-0.39, 0.29) is 40.7 Å². The molecule has 6 rings (SSSR count). The van der Waals surface area contributed by atoms with Gasteiger partial charge in [-0.15, -0.1) is 0 Å². The van der Waals surface area contributed by atoms with E-state index >= 15 is 0 Å². The number of ether oxygens (including phenoxy) is 4. The average Bonchev–Trinajstić information content (AvgIpc) is 3.43. The van der Waals surface area contributed by atoms with E-state index in [1.54, 1.807) is 13.0 Å². The lowest BCUT2D eigenvalue weighted by atomic mass is 9.42. The van der Waals surface area contributed by atoms with Crippen LogP contribution in [0.4, 0.5) is 0 Å². The third-order valence-electron chi connectivity index (χ3n) is 12.5. The molecular formula is C30H46O9. The van der Waals surface area contributed by atoms with Crippen LogP contribution < -0.4 is 0 Å². The van der Waals surface area contributed by atoms with Crippen molar-refractivity contribution in [2.45, 2.75) is 127 Å². The number of hydrogen-bond acceptors (Lipinski definition) is 9. The normalized spacial score (nSPS) is 55.3. The number of rotatable bonds is 4. The second kappa shape index (κ2) is 9.48. The predicted molar refractivity (Wildman–Crippen MR) is 139 cm³/mol. The molecule has 2 heterocycles. The maximum absolute atomic E-state index is 12.4. The zero-order valence-corrected chi connectivity index (χ0v) is 23.7. The van der Waals surface area contributed by atoms with Gasteiger partial charge in [0.2, 0.25) is 0 Å². The SMILES string of the molecule is COC1C(O)C(C)OC(OC2CCC3(C)C4CCC5(C)C(C6=CC(=O)OC6)CCC5(O)C4CCC3(O)C2)C1O. The Balaban J connectivity index is 1.19. The fourth-order valence-corrected chi connectivity index (χ4v) is 10.1. The predicted octanol–water partition coefficient (Wildman–Crippen LogP) is 2.23. The van der Waals surface area contributed by atoms with Crippen LogP contribution in [-0.2, 0) is 23.7 Å². The van der Waals surface area contributed by atoms with E-state index in [0.717, 1.165) is 37.7 Å². The summed E-state index contributed by atoms with van der Waals surface area (Å²) in [6, 6.07) is 0. The molecule has 9 heteroatoms. The van der Waals surface area contributed by atoms with E-state index in [0.29, 0.717) is 32.3 Å². The molecule has 4 N–H and O–H groups in total. The molecule has 13 unspecified atom stereocenters. The van der Waals surface area contributed by atoms with Crippen molar-refractivity contribution in [1.29, 1.82) is 0 Å². The third kappa shape index (κ3) is 3.94. The van der Waals surface area contributed by atoms with Crippen molar-refractivity contribution in [3.05, 3.63) is 11.6 Å². The molecule has 4 saturated carbocycles. The Morgan fingerprint density at radius 2 is 1.67 bits per heavy atom. The van der Waals surface area contributed by atoms with Gasteiger partial charge in [-0.2, -0.15) is 0 Å². The van der Waals surface area contributed by atoms with Gasteiger partial charge in [0.05, 0.1) is 23.4 Å². The van der Waals surface area contributed by atoms with Crippen LogP contribution in [0.3, 0.4) is 0 Å². The molecule has 9 nitrogen and oxygen atoms in total. The molecule has 0 aromatic carbocycles. The number of carbonyl (C=O) groups is 1. The molecule has 220 valence electrons. The third-order valence-corrected chi connectivity index (χ3v) is 12.5. The van der Waals surface area contributed by atoms with E-state index in [1.165, 1.54) is 7.11 Å². The summed E-state index contributed by atoms with van der Waals surface area (Å²) >= 11 is 0. The van der Waals surface area contributed by atoms with Crippen molar-refractivity contribution < 1.29 is 44.2 Å². The van der Waals surface area contributed by atoms with Crippen LogP contribution in [0.5, 0.6) is 0 Å². The number of carbonyl (C=O) groups excluding carboxylic acids is 1. The summed E-state index contributed by atoms with van der Waals surface area (Å²) in [7, 11) is 1.45. The number of hydrogen-bond donors (Lipinski definition) is 4. The van der Waals surface area contributed by atoms with E-state index in [2.05, 4.69) is 13.8 Å². The molecule has 0 spiro atoms. The molecule has 0 radical (unpaired) electrons. The molecule has 0 bridgehead atoms. The molecule has 1 saturated heterocycles. The van der Waals surface area contributed by atoms with Crippen LogP contribution in [0, 0.1) is 28.6 Å². The summed E-state index contributed by atoms with van der Waals surface area (Å²) in [5, 5.41) is 45.7. The highest BCUT2D eigenvalue weighted by Crippen LogP contribution is 2.70. The summed E-state index contributed by atoms with van der Waals surface area (Å²) in [4.78, 5) is 11.8. The fraction of sp³-hybridized carbons (Fsp3) is 0.900. The summed E-state index contributed by atoms with van der Waals surface area (Å²) in [5.41, 5.74) is -1.43. The quantitative estimate of drug-likeness (QED) is 0.307. The molecule has 13 atom stereocenters. The maximum atomic E-state index is 12.4. The lowest BCUT2D eigenvalue weighted by molar-refractivity contribution is -0.321. The van der Waals surface area contributed by atoms with E-state index in [4.69, 9.17) is 18.9 Å². The van der Waals surface area contributed by atoms with Crippen molar-refractivity contribution in [3.8, 4) is 0 Å². The lowest BCUT2D eigenvalue weighted by Gasteiger charge is -2.66. The van der Waals surface area contributed by atoms with Crippen molar-refractivity contribution in [3.63, 3.8) is 0 Å². The van der Waals surface area contributed by atoms with Gasteiger partial charge in [-0.1, -0.05) is 13.8 Å². The molecule has 0 aromatic heterocycles. The molecule has 0 aromatic rings. The number of esters is 1. The topological polar surface area (TPSA) is 135 Å². The number of fused-ring (bicyclic) bond motifs is 5. The van der Waals surface area contributed by atoms with Gasteiger partial charge in [-0.25, -0.2) is 4.79 Å². The van der Waals surface area contributed by atoms with Crippen LogP contribution in [0.1, 0.15) is 78.6 Å². The van der Waals surface area contributed by atoms with E-state index < -0.39 is 41.9 Å². The molecule has 4 aliphatic carbocycles. The number of methoxy groups -OCH3 is 1. The van der Waals surface area contributed by atoms with Crippen LogP contribution in [0.2, 0.25) is 0 Å². The van der Waals surface area contributed by atoms with Gasteiger partial charge >= 0.3 is 5.97 Å². The average molecular weight is 551 g/mol. The van der Waals surface area contributed by atoms with Crippen LogP contribution >= 0.6 is 0 Å². The lowest BCUT2D eigenvalue weighted by Crippen LogP contribution is -2.67. The summed E-state index contributed by atoms with van der Waals surface area (Å²) in [6.45, 7) is 6.48. The first-order valence-corrected chi connectivity index (χ1v) is 14.9. The van der Waals surface area contributed by atoms with E-state index in [1.807, 2.05) is 0 Å². The molecule has 0 amide bonds. The van der Waals surface area contributed by atoms with Gasteiger partial charge in [0.1, 0.15) is 24.9 Å². The molecule has 6 aliphatic rings. The Morgan fingerprint density at radius 3 is 2.36 bits per heavy atom. The standard InChI is InChI=1S/C30H46O9/c1-16-23(32)25(36-4)24(33)26(38-16)39-18-5-9-27(2)20-6-10-28(3)19(17-13-22(31)37-15-17)8-12-30(28,35)21(20)7-11-29(27,34)14-18/h13,16,18-21,23-26,32-35H,5-12,14-15H2,1-4H3. The Morgan fingerprint density at radius 1 is 0.949 bits per heavy atom. The highest BCUT2D eigenvalue weighted by atomic mass is 16.7. The van der Waals surface area contributed by atoms with Crippen LogP contribution in [-0.4, -0.2) is 88.1 Å². The fourth-order valence-electron chi connectivity index (χ4n) is 10.1. The minimum atomic E-state index is -1.13. The summed E-state index contributed by atoms with van der Waals surface area (Å²) in [5.74, 6) is 0.151. The zero-order valence-electron chi connectivity index (χ0n) is 23.7. The van der Waals surface area contributed by atoms with Gasteiger partial charge in [-0.3, -0.25) is 0 Å². The van der Waals surface area contributed by atoms with Crippen molar-refractivity contribution in [2.24, 2.45) is 28.6 Å². The Bertz CT molecular complexity index is 1020. The number of aliphatic hydroxyl groups excluding tert-OH is 2. The Hall–Kier alpha value is -1.07. The minimum absolute atomic E-state index is 0.0934. The van der Waals surface area contributed by atoms with Crippen molar-refractivity contribution >= 4 is 5.97 Å². The summed E-state index contributed by atoms with van der Waals surface area (Å²) < 4.78 is 22.6. The number of cyclic esters (lactones) is 1. The molecule has 2 aliphatic heterocycles. The maximum Gasteiger partial charge on any atom is 0.331 e. The molecule has 39 heavy (non-hydrogen) atoms. The van der Waals surface area contributed by atoms with E-state index in [9.17, 15) is 25.2 Å². The minimum Gasteiger partial charge on any atom is -0.458 e. The smallest absolute Gasteiger partial charge is 0.331 e. The Labute approximate surface area is 230 Å². The second-order valence-electron chi connectivity index (χ2n) is 13.9. The highest BCUT2D eigenvalue weighted by molar-refractivity contribution is 5.85. The molecule has 5 fully saturated rings. The van der Waals surface area contributed by atoms with Gasteiger partial charge < -0.3 is 39.4 Å². The first-order valence-electron chi connectivity index (χ1n) is 14.9. The van der Waals surface area contributed by atoms with Gasteiger partial charge in [0.25, 0.3) is 0 Å². The molecular weight excluding hydrogens is 504 g/mol. The Kier molecular flexibility index (Phi) is 6.82.